The lowest BCUT2D eigenvalue weighted by Crippen LogP contribution is -2.00. The Morgan fingerprint density at radius 3 is 2.35 bits per heavy atom. The fraction of sp³-hybridized carbons (Fsp3) is 0.250. The molecule has 0 amide bonds. The first-order valence-electron chi connectivity index (χ1n) is 6.25. The van der Waals surface area contributed by atoms with Crippen molar-refractivity contribution in [3.63, 3.8) is 0 Å². The highest BCUT2D eigenvalue weighted by Crippen LogP contribution is 2.39. The van der Waals surface area contributed by atoms with E-state index in [-0.39, 0.29) is 10.6 Å². The number of para-hydroxylation sites is 1. The van der Waals surface area contributed by atoms with Gasteiger partial charge in [0.25, 0.3) is 0 Å². The Labute approximate surface area is 126 Å². The zero-order valence-corrected chi connectivity index (χ0v) is 13.0. The molecule has 0 spiro atoms. The zero-order chi connectivity index (χ0) is 14.5. The largest absolute Gasteiger partial charge is 0.493 e. The van der Waals surface area contributed by atoms with Crippen LogP contribution in [0.25, 0.3) is 0 Å². The number of ether oxygens (including phenoxy) is 2. The fourth-order valence-corrected chi connectivity index (χ4v) is 2.83. The topological polar surface area (TPSA) is 18.5 Å². The lowest BCUT2D eigenvalue weighted by Gasteiger charge is -2.16. The maximum absolute atomic E-state index is 12.9. The van der Waals surface area contributed by atoms with Gasteiger partial charge in [-0.1, -0.05) is 40.2 Å². The number of alkyl halides is 1. The summed E-state index contributed by atoms with van der Waals surface area (Å²) in [6.07, 6.45) is 0.740. The molecule has 1 atom stereocenters. The molecule has 0 radical (unpaired) electrons. The van der Waals surface area contributed by atoms with Crippen LogP contribution >= 0.6 is 15.9 Å². The number of rotatable bonds is 5. The molecule has 0 aliphatic carbocycles. The third kappa shape index (κ3) is 3.31. The minimum absolute atomic E-state index is 0.0676. The zero-order valence-electron chi connectivity index (χ0n) is 11.4. The average Bonchev–Trinajstić information content (AvgIpc) is 2.48. The van der Waals surface area contributed by atoms with Gasteiger partial charge in [0.15, 0.2) is 11.5 Å². The van der Waals surface area contributed by atoms with Crippen LogP contribution in [0.5, 0.6) is 11.5 Å². The molecule has 0 heterocycles. The van der Waals surface area contributed by atoms with Gasteiger partial charge in [-0.15, -0.1) is 0 Å². The van der Waals surface area contributed by atoms with E-state index in [0.717, 1.165) is 23.3 Å². The molecule has 2 rings (SSSR count). The summed E-state index contributed by atoms with van der Waals surface area (Å²) >= 11 is 3.67. The highest BCUT2D eigenvalue weighted by molar-refractivity contribution is 9.09. The number of hydrogen-bond donors (Lipinski definition) is 0. The maximum Gasteiger partial charge on any atom is 0.165 e. The van der Waals surface area contributed by atoms with Gasteiger partial charge < -0.3 is 9.47 Å². The van der Waals surface area contributed by atoms with Crippen LogP contribution in [0.3, 0.4) is 0 Å². The highest BCUT2D eigenvalue weighted by atomic mass is 79.9. The summed E-state index contributed by atoms with van der Waals surface area (Å²) in [5.74, 6) is 1.20. The Morgan fingerprint density at radius 1 is 1.05 bits per heavy atom. The van der Waals surface area contributed by atoms with Gasteiger partial charge in [0, 0.05) is 10.4 Å². The number of hydrogen-bond acceptors (Lipinski definition) is 2. The molecule has 0 bridgehead atoms. The Kier molecular flexibility index (Phi) is 5.01. The average molecular weight is 339 g/mol. The van der Waals surface area contributed by atoms with Crippen LogP contribution in [0.1, 0.15) is 16.0 Å². The number of methoxy groups -OCH3 is 2. The van der Waals surface area contributed by atoms with Crippen LogP contribution in [-0.4, -0.2) is 14.2 Å². The molecule has 4 heteroatoms. The van der Waals surface area contributed by atoms with Gasteiger partial charge in [0.05, 0.1) is 14.2 Å². The van der Waals surface area contributed by atoms with Crippen molar-refractivity contribution in [3.05, 3.63) is 59.4 Å². The maximum atomic E-state index is 12.9. The first-order valence-corrected chi connectivity index (χ1v) is 7.16. The van der Waals surface area contributed by atoms with Crippen LogP contribution in [-0.2, 0) is 6.42 Å². The van der Waals surface area contributed by atoms with E-state index in [9.17, 15) is 4.39 Å². The number of benzene rings is 2. The SMILES string of the molecule is COc1cccc(C(Br)Cc2ccc(F)cc2)c1OC. The molecular formula is C16H16BrFO2. The molecule has 2 nitrogen and oxygen atoms in total. The monoisotopic (exact) mass is 338 g/mol. The molecule has 2 aromatic rings. The van der Waals surface area contributed by atoms with Crippen LogP contribution in [0.4, 0.5) is 4.39 Å². The molecule has 20 heavy (non-hydrogen) atoms. The summed E-state index contributed by atoms with van der Waals surface area (Å²) in [4.78, 5) is 0.0676. The van der Waals surface area contributed by atoms with Gasteiger partial charge >= 0.3 is 0 Å². The summed E-state index contributed by atoms with van der Waals surface area (Å²) in [6.45, 7) is 0. The van der Waals surface area contributed by atoms with Crippen molar-refractivity contribution in [2.24, 2.45) is 0 Å². The Bertz CT molecular complexity index is 569. The van der Waals surface area contributed by atoms with Crippen molar-refractivity contribution >= 4 is 15.9 Å². The Balaban J connectivity index is 2.24. The molecule has 0 fully saturated rings. The van der Waals surface area contributed by atoms with E-state index >= 15 is 0 Å². The van der Waals surface area contributed by atoms with Crippen LogP contribution in [0, 0.1) is 5.82 Å². The van der Waals surface area contributed by atoms with Crippen molar-refractivity contribution in [1.82, 2.24) is 0 Å². The molecule has 0 aromatic heterocycles. The van der Waals surface area contributed by atoms with Crippen LogP contribution < -0.4 is 9.47 Å². The lowest BCUT2D eigenvalue weighted by atomic mass is 10.0. The predicted octanol–water partition coefficient (Wildman–Crippen LogP) is 4.52. The summed E-state index contributed by atoms with van der Waals surface area (Å²) in [5.41, 5.74) is 2.06. The van der Waals surface area contributed by atoms with E-state index in [1.165, 1.54) is 12.1 Å². The van der Waals surface area contributed by atoms with Crippen molar-refractivity contribution in [1.29, 1.82) is 0 Å². The van der Waals surface area contributed by atoms with Crippen molar-refractivity contribution in [3.8, 4) is 11.5 Å². The molecule has 1 unspecified atom stereocenters. The second-order valence-corrected chi connectivity index (χ2v) is 5.49. The van der Waals surface area contributed by atoms with Gasteiger partial charge in [0.1, 0.15) is 5.82 Å². The molecule has 0 N–H and O–H groups in total. The smallest absolute Gasteiger partial charge is 0.165 e. The Hall–Kier alpha value is -1.55. The summed E-state index contributed by atoms with van der Waals surface area (Å²) in [6, 6.07) is 12.3. The van der Waals surface area contributed by atoms with E-state index < -0.39 is 0 Å². The molecule has 0 aliphatic heterocycles. The fourth-order valence-electron chi connectivity index (χ4n) is 2.10. The van der Waals surface area contributed by atoms with Crippen LogP contribution in [0.2, 0.25) is 0 Å². The second-order valence-electron chi connectivity index (χ2n) is 4.38. The van der Waals surface area contributed by atoms with E-state index in [1.807, 2.05) is 18.2 Å². The molecule has 106 valence electrons. The van der Waals surface area contributed by atoms with Gasteiger partial charge in [-0.05, 0) is 30.2 Å². The third-order valence-electron chi connectivity index (χ3n) is 3.10. The summed E-state index contributed by atoms with van der Waals surface area (Å²) in [7, 11) is 3.24. The van der Waals surface area contributed by atoms with Crippen LogP contribution in [0.15, 0.2) is 42.5 Å². The van der Waals surface area contributed by atoms with E-state index in [2.05, 4.69) is 15.9 Å². The minimum atomic E-state index is -0.223. The standard InChI is InChI=1S/C16H16BrFO2/c1-19-15-5-3-4-13(16(15)20-2)14(17)10-11-6-8-12(18)9-7-11/h3-9,14H,10H2,1-2H3. The Morgan fingerprint density at radius 2 is 1.75 bits per heavy atom. The summed E-state index contributed by atoms with van der Waals surface area (Å²) in [5, 5.41) is 0. The van der Waals surface area contributed by atoms with E-state index in [0.29, 0.717) is 5.75 Å². The highest BCUT2D eigenvalue weighted by Gasteiger charge is 2.17. The third-order valence-corrected chi connectivity index (χ3v) is 3.92. The van der Waals surface area contributed by atoms with Crippen molar-refractivity contribution in [2.75, 3.05) is 14.2 Å². The van der Waals surface area contributed by atoms with Gasteiger partial charge in [0.2, 0.25) is 0 Å². The molecular weight excluding hydrogens is 323 g/mol. The molecule has 0 saturated carbocycles. The number of halogens is 2. The van der Waals surface area contributed by atoms with Crippen molar-refractivity contribution < 1.29 is 13.9 Å². The summed E-state index contributed by atoms with van der Waals surface area (Å²) < 4.78 is 23.6. The lowest BCUT2D eigenvalue weighted by molar-refractivity contribution is 0.351. The molecule has 2 aromatic carbocycles. The molecule has 0 saturated heterocycles. The van der Waals surface area contributed by atoms with Crippen molar-refractivity contribution in [2.45, 2.75) is 11.2 Å². The minimum Gasteiger partial charge on any atom is -0.493 e. The van der Waals surface area contributed by atoms with E-state index in [4.69, 9.17) is 9.47 Å². The first-order chi connectivity index (χ1) is 9.65. The van der Waals surface area contributed by atoms with Gasteiger partial charge in [-0.2, -0.15) is 0 Å². The van der Waals surface area contributed by atoms with Gasteiger partial charge in [-0.25, -0.2) is 4.39 Å². The first kappa shape index (κ1) is 14.9. The normalized spacial score (nSPS) is 12.0. The quantitative estimate of drug-likeness (QED) is 0.746. The van der Waals surface area contributed by atoms with Gasteiger partial charge in [-0.3, -0.25) is 0 Å². The van der Waals surface area contributed by atoms with E-state index in [1.54, 1.807) is 26.4 Å². The second kappa shape index (κ2) is 6.75. The predicted molar refractivity (Wildman–Crippen MR) is 81.3 cm³/mol. The molecule has 0 aliphatic rings.